The summed E-state index contributed by atoms with van der Waals surface area (Å²) in [6, 6.07) is 4.50. The number of rotatable bonds is 2. The smallest absolute Gasteiger partial charge is 0.326 e. The van der Waals surface area contributed by atoms with Crippen LogP contribution in [0.3, 0.4) is 0 Å². The predicted molar refractivity (Wildman–Crippen MR) is 79.9 cm³/mol. The maximum atomic E-state index is 12.6. The molecule has 1 fully saturated rings. The highest BCUT2D eigenvalue weighted by Gasteiger charge is 2.34. The fourth-order valence-electron chi connectivity index (χ4n) is 3.22. The molecular formula is C16H18N2O4. The van der Waals surface area contributed by atoms with Crippen LogP contribution in [0.25, 0.3) is 0 Å². The van der Waals surface area contributed by atoms with Gasteiger partial charge < -0.3 is 14.9 Å². The standard InChI is InChI=1S/C16H18N2O4/c1-17-12-6-4-11(9-10(12)5-7-14(17)19)15(20)18-8-2-3-13(18)16(21)22/h4,6,9,13H,2-3,5,7-8H2,1H3,(H,21,22)/t13-/m1/s1. The minimum Gasteiger partial charge on any atom is -0.480 e. The topological polar surface area (TPSA) is 77.9 Å². The first-order valence-corrected chi connectivity index (χ1v) is 7.42. The average Bonchev–Trinajstić information content (AvgIpc) is 2.99. The number of likely N-dealkylation sites (tertiary alicyclic amines) is 1. The highest BCUT2D eigenvalue weighted by Crippen LogP contribution is 2.29. The number of fused-ring (bicyclic) bond motifs is 1. The Labute approximate surface area is 128 Å². The number of carbonyl (C=O) groups is 3. The van der Waals surface area contributed by atoms with Crippen molar-refractivity contribution >= 4 is 23.5 Å². The second kappa shape index (κ2) is 5.44. The molecule has 0 aliphatic carbocycles. The molecule has 1 N–H and O–H groups in total. The molecule has 0 bridgehead atoms. The normalized spacial score (nSPS) is 21.0. The number of hydrogen-bond donors (Lipinski definition) is 1. The summed E-state index contributed by atoms with van der Waals surface area (Å²) in [6.45, 7) is 0.477. The number of hydrogen-bond acceptors (Lipinski definition) is 3. The Morgan fingerprint density at radius 1 is 1.27 bits per heavy atom. The molecule has 0 aromatic heterocycles. The lowest BCUT2D eigenvalue weighted by atomic mass is 9.98. The minimum absolute atomic E-state index is 0.0667. The van der Waals surface area contributed by atoms with Crippen molar-refractivity contribution in [3.63, 3.8) is 0 Å². The van der Waals surface area contributed by atoms with Crippen molar-refractivity contribution < 1.29 is 19.5 Å². The van der Waals surface area contributed by atoms with Gasteiger partial charge in [-0.05, 0) is 43.0 Å². The molecule has 6 heteroatoms. The summed E-state index contributed by atoms with van der Waals surface area (Å²) < 4.78 is 0. The molecule has 0 saturated carbocycles. The van der Waals surface area contributed by atoms with Crippen molar-refractivity contribution in [2.45, 2.75) is 31.7 Å². The van der Waals surface area contributed by atoms with E-state index < -0.39 is 12.0 Å². The summed E-state index contributed by atoms with van der Waals surface area (Å²) in [5.74, 6) is -1.13. The molecule has 2 aliphatic heterocycles. The van der Waals surface area contributed by atoms with E-state index in [4.69, 9.17) is 0 Å². The van der Waals surface area contributed by atoms with E-state index in [0.29, 0.717) is 37.8 Å². The minimum atomic E-state index is -0.950. The van der Waals surface area contributed by atoms with Crippen LogP contribution in [0.1, 0.15) is 35.2 Å². The van der Waals surface area contributed by atoms with Crippen LogP contribution in [0.2, 0.25) is 0 Å². The molecule has 3 rings (SSSR count). The highest BCUT2D eigenvalue weighted by molar-refractivity contribution is 6.00. The van der Waals surface area contributed by atoms with E-state index in [2.05, 4.69) is 0 Å². The Bertz CT molecular complexity index is 656. The van der Waals surface area contributed by atoms with Gasteiger partial charge in [-0.1, -0.05) is 0 Å². The summed E-state index contributed by atoms with van der Waals surface area (Å²) in [5.41, 5.74) is 2.28. The molecular weight excluding hydrogens is 284 g/mol. The van der Waals surface area contributed by atoms with Crippen molar-refractivity contribution in [2.75, 3.05) is 18.5 Å². The highest BCUT2D eigenvalue weighted by atomic mass is 16.4. The fourth-order valence-corrected chi connectivity index (χ4v) is 3.22. The number of benzene rings is 1. The summed E-state index contributed by atoms with van der Waals surface area (Å²) in [7, 11) is 1.72. The fraction of sp³-hybridized carbons (Fsp3) is 0.438. The first-order valence-electron chi connectivity index (χ1n) is 7.42. The van der Waals surface area contributed by atoms with E-state index in [-0.39, 0.29) is 11.8 Å². The van der Waals surface area contributed by atoms with Crippen LogP contribution in [0.5, 0.6) is 0 Å². The van der Waals surface area contributed by atoms with Crippen LogP contribution in [0, 0.1) is 0 Å². The third-order valence-electron chi connectivity index (χ3n) is 4.47. The monoisotopic (exact) mass is 302 g/mol. The molecule has 2 aliphatic rings. The first-order chi connectivity index (χ1) is 10.5. The van der Waals surface area contributed by atoms with Gasteiger partial charge in [0.05, 0.1) is 0 Å². The number of amides is 2. The van der Waals surface area contributed by atoms with E-state index >= 15 is 0 Å². The molecule has 0 spiro atoms. The Kier molecular flexibility index (Phi) is 3.60. The van der Waals surface area contributed by atoms with Gasteiger partial charge in [0.1, 0.15) is 6.04 Å². The quantitative estimate of drug-likeness (QED) is 0.893. The zero-order valence-corrected chi connectivity index (χ0v) is 12.4. The maximum absolute atomic E-state index is 12.6. The SMILES string of the molecule is CN1C(=O)CCc2cc(C(=O)N3CCC[C@@H]3C(=O)O)ccc21. The van der Waals surface area contributed by atoms with Gasteiger partial charge in [0.15, 0.2) is 0 Å². The number of carboxylic acids is 1. The first kappa shape index (κ1) is 14.6. The molecule has 116 valence electrons. The second-order valence-corrected chi connectivity index (χ2v) is 5.79. The van der Waals surface area contributed by atoms with E-state index in [0.717, 1.165) is 11.3 Å². The zero-order chi connectivity index (χ0) is 15.9. The van der Waals surface area contributed by atoms with Crippen molar-refractivity contribution in [3.05, 3.63) is 29.3 Å². The largest absolute Gasteiger partial charge is 0.480 e. The summed E-state index contributed by atoms with van der Waals surface area (Å²) in [4.78, 5) is 38.5. The summed E-state index contributed by atoms with van der Waals surface area (Å²) in [6.07, 6.45) is 2.26. The third-order valence-corrected chi connectivity index (χ3v) is 4.47. The van der Waals surface area contributed by atoms with Gasteiger partial charge in [-0.3, -0.25) is 9.59 Å². The number of carbonyl (C=O) groups excluding carboxylic acids is 2. The van der Waals surface area contributed by atoms with Crippen LogP contribution in [0.15, 0.2) is 18.2 Å². The molecule has 1 saturated heterocycles. The van der Waals surface area contributed by atoms with Gasteiger partial charge in [-0.15, -0.1) is 0 Å². The van der Waals surface area contributed by atoms with Gasteiger partial charge in [0.2, 0.25) is 5.91 Å². The third kappa shape index (κ3) is 2.34. The zero-order valence-electron chi connectivity index (χ0n) is 12.4. The van der Waals surface area contributed by atoms with Crippen LogP contribution in [-0.2, 0) is 16.0 Å². The van der Waals surface area contributed by atoms with Crippen molar-refractivity contribution in [3.8, 4) is 0 Å². The van der Waals surface area contributed by atoms with Crippen molar-refractivity contribution in [1.29, 1.82) is 0 Å². The van der Waals surface area contributed by atoms with Gasteiger partial charge in [0, 0.05) is 31.3 Å². The van der Waals surface area contributed by atoms with Gasteiger partial charge in [-0.25, -0.2) is 4.79 Å². The maximum Gasteiger partial charge on any atom is 0.326 e. The second-order valence-electron chi connectivity index (χ2n) is 5.79. The molecule has 6 nitrogen and oxygen atoms in total. The lowest BCUT2D eigenvalue weighted by Gasteiger charge is -2.27. The molecule has 2 amide bonds. The molecule has 2 heterocycles. The molecule has 22 heavy (non-hydrogen) atoms. The molecule has 1 atom stereocenters. The van der Waals surface area contributed by atoms with Crippen molar-refractivity contribution in [2.24, 2.45) is 0 Å². The number of nitrogens with zero attached hydrogens (tertiary/aromatic N) is 2. The van der Waals surface area contributed by atoms with E-state index in [9.17, 15) is 19.5 Å². The number of anilines is 1. The van der Waals surface area contributed by atoms with Crippen LogP contribution in [0.4, 0.5) is 5.69 Å². The summed E-state index contributed by atoms with van der Waals surface area (Å²) in [5, 5.41) is 9.20. The number of aliphatic carboxylic acids is 1. The van der Waals surface area contributed by atoms with Crippen LogP contribution in [-0.4, -0.2) is 47.4 Å². The lowest BCUT2D eigenvalue weighted by Crippen LogP contribution is -2.40. The van der Waals surface area contributed by atoms with Gasteiger partial charge in [0.25, 0.3) is 5.91 Å². The van der Waals surface area contributed by atoms with E-state index in [1.165, 1.54) is 4.90 Å². The van der Waals surface area contributed by atoms with Crippen LogP contribution >= 0.6 is 0 Å². The lowest BCUT2D eigenvalue weighted by molar-refractivity contribution is -0.141. The number of aryl methyl sites for hydroxylation is 1. The predicted octanol–water partition coefficient (Wildman–Crippen LogP) is 1.28. The molecule has 1 aromatic carbocycles. The Hall–Kier alpha value is -2.37. The van der Waals surface area contributed by atoms with Crippen LogP contribution < -0.4 is 4.90 Å². The Morgan fingerprint density at radius 2 is 2.05 bits per heavy atom. The summed E-state index contributed by atoms with van der Waals surface area (Å²) >= 11 is 0. The molecule has 1 aromatic rings. The Balaban J connectivity index is 1.88. The van der Waals surface area contributed by atoms with E-state index in [1.807, 2.05) is 0 Å². The number of carboxylic acid groups (broad SMARTS) is 1. The van der Waals surface area contributed by atoms with E-state index in [1.54, 1.807) is 30.1 Å². The molecule has 0 radical (unpaired) electrons. The van der Waals surface area contributed by atoms with Crippen molar-refractivity contribution in [1.82, 2.24) is 4.90 Å². The Morgan fingerprint density at radius 3 is 2.77 bits per heavy atom. The van der Waals surface area contributed by atoms with Gasteiger partial charge in [-0.2, -0.15) is 0 Å². The van der Waals surface area contributed by atoms with Gasteiger partial charge >= 0.3 is 5.97 Å². The average molecular weight is 302 g/mol. The molecule has 0 unspecified atom stereocenters.